The summed E-state index contributed by atoms with van der Waals surface area (Å²) in [6.07, 6.45) is 0.136. The van der Waals surface area contributed by atoms with Gasteiger partial charge in [0.25, 0.3) is 0 Å². The van der Waals surface area contributed by atoms with Gasteiger partial charge in [0.1, 0.15) is 5.82 Å². The Bertz CT molecular complexity index is 632. The largest absolute Gasteiger partial charge is 0.357 e. The van der Waals surface area contributed by atoms with Gasteiger partial charge in [-0.2, -0.15) is 0 Å². The number of Topliss-reactive ketones (excluding diaryl/α,β-unsaturated/α-hetero) is 1. The van der Waals surface area contributed by atoms with Crippen LogP contribution in [-0.4, -0.2) is 5.78 Å². The Labute approximate surface area is 118 Å². The van der Waals surface area contributed by atoms with Crippen molar-refractivity contribution < 1.29 is 9.18 Å². The maximum Gasteiger partial charge on any atom is 0.168 e. The summed E-state index contributed by atoms with van der Waals surface area (Å²) < 4.78 is 13.5. The van der Waals surface area contributed by atoms with Gasteiger partial charge in [-0.25, -0.2) is 4.39 Å². The number of para-hydroxylation sites is 1. The number of carbonyl (C=O) groups is 1. The third-order valence-corrected chi connectivity index (χ3v) is 2.93. The maximum absolute atomic E-state index is 13.5. The van der Waals surface area contributed by atoms with Gasteiger partial charge in [0.05, 0.1) is 12.1 Å². The van der Waals surface area contributed by atoms with Crippen LogP contribution < -0.4 is 5.32 Å². The summed E-state index contributed by atoms with van der Waals surface area (Å²) in [7, 11) is 0. The van der Waals surface area contributed by atoms with Crippen molar-refractivity contribution in [1.29, 1.82) is 0 Å². The molecule has 2 aromatic rings. The molecule has 0 heterocycles. The van der Waals surface area contributed by atoms with Gasteiger partial charge in [-0.05, 0) is 19.1 Å². The van der Waals surface area contributed by atoms with Crippen LogP contribution in [0.4, 0.5) is 10.1 Å². The van der Waals surface area contributed by atoms with Crippen molar-refractivity contribution in [3.8, 4) is 0 Å². The number of ketones is 1. The van der Waals surface area contributed by atoms with E-state index in [4.69, 9.17) is 0 Å². The lowest BCUT2D eigenvalue weighted by molar-refractivity contribution is 0.0993. The first-order chi connectivity index (χ1) is 9.56. The Hall–Kier alpha value is -2.42. The van der Waals surface area contributed by atoms with Crippen LogP contribution in [0.5, 0.6) is 0 Å². The number of carbonyl (C=O) groups excluding carboxylic acids is 1. The van der Waals surface area contributed by atoms with Crippen LogP contribution in [0.3, 0.4) is 0 Å². The molecule has 0 amide bonds. The maximum atomic E-state index is 13.5. The molecule has 0 aliphatic heterocycles. The second-order valence-corrected chi connectivity index (χ2v) is 4.67. The Morgan fingerprint density at radius 1 is 1.15 bits per heavy atom. The Balaban J connectivity index is 2.00. The number of hydrogen-bond acceptors (Lipinski definition) is 2. The van der Waals surface area contributed by atoms with Gasteiger partial charge in [0, 0.05) is 11.3 Å². The second-order valence-electron chi connectivity index (χ2n) is 4.67. The fourth-order valence-electron chi connectivity index (χ4n) is 1.83. The van der Waals surface area contributed by atoms with Gasteiger partial charge >= 0.3 is 0 Å². The van der Waals surface area contributed by atoms with E-state index < -0.39 is 0 Å². The van der Waals surface area contributed by atoms with E-state index in [2.05, 4.69) is 11.9 Å². The first kappa shape index (κ1) is 14.0. The first-order valence-corrected chi connectivity index (χ1v) is 6.35. The topological polar surface area (TPSA) is 29.1 Å². The fourth-order valence-corrected chi connectivity index (χ4v) is 1.83. The summed E-state index contributed by atoms with van der Waals surface area (Å²) >= 11 is 0. The Morgan fingerprint density at radius 2 is 1.80 bits per heavy atom. The Kier molecular flexibility index (Phi) is 4.31. The van der Waals surface area contributed by atoms with Crippen LogP contribution >= 0.6 is 0 Å². The van der Waals surface area contributed by atoms with Crippen molar-refractivity contribution in [1.82, 2.24) is 0 Å². The molecule has 0 spiro atoms. The van der Waals surface area contributed by atoms with E-state index in [1.165, 1.54) is 6.07 Å². The van der Waals surface area contributed by atoms with Crippen molar-refractivity contribution in [2.24, 2.45) is 0 Å². The molecule has 102 valence electrons. The minimum absolute atomic E-state index is 0.0427. The summed E-state index contributed by atoms with van der Waals surface area (Å²) in [5.41, 5.74) is 2.53. The molecule has 0 aliphatic rings. The smallest absolute Gasteiger partial charge is 0.168 e. The molecule has 0 saturated heterocycles. The molecule has 2 nitrogen and oxygen atoms in total. The second kappa shape index (κ2) is 6.15. The monoisotopic (exact) mass is 269 g/mol. The molecule has 0 saturated carbocycles. The van der Waals surface area contributed by atoms with E-state index in [1.807, 2.05) is 19.1 Å². The zero-order valence-electron chi connectivity index (χ0n) is 11.3. The van der Waals surface area contributed by atoms with Gasteiger partial charge in [-0.1, -0.05) is 48.5 Å². The first-order valence-electron chi connectivity index (χ1n) is 6.35. The van der Waals surface area contributed by atoms with Crippen LogP contribution in [-0.2, 0) is 0 Å². The molecule has 0 atom stereocenters. The average Bonchev–Trinajstić information content (AvgIpc) is 2.42. The molecular weight excluding hydrogens is 253 g/mol. The molecule has 2 rings (SSSR count). The zero-order chi connectivity index (χ0) is 14.5. The quantitative estimate of drug-likeness (QED) is 0.818. The molecule has 0 unspecified atom stereocenters. The van der Waals surface area contributed by atoms with Crippen LogP contribution in [0.2, 0.25) is 0 Å². The highest BCUT2D eigenvalue weighted by molar-refractivity contribution is 5.97. The van der Waals surface area contributed by atoms with E-state index in [0.717, 1.165) is 5.56 Å². The number of anilines is 1. The predicted molar refractivity (Wildman–Crippen MR) is 79.3 cm³/mol. The van der Waals surface area contributed by atoms with Gasteiger partial charge in [0.2, 0.25) is 0 Å². The number of rotatable bonds is 5. The third-order valence-electron chi connectivity index (χ3n) is 2.93. The summed E-state index contributed by atoms with van der Waals surface area (Å²) in [5, 5.41) is 2.83. The van der Waals surface area contributed by atoms with Crippen molar-refractivity contribution in [3.05, 3.63) is 77.8 Å². The van der Waals surface area contributed by atoms with Gasteiger partial charge in [0.15, 0.2) is 5.78 Å². The Morgan fingerprint density at radius 3 is 2.45 bits per heavy atom. The summed E-state index contributed by atoms with van der Waals surface area (Å²) in [6, 6.07) is 13.7. The number of hydrogen-bond donors (Lipinski definition) is 1. The van der Waals surface area contributed by atoms with E-state index in [1.54, 1.807) is 30.3 Å². The predicted octanol–water partition coefficient (Wildman–Crippen LogP) is 4.33. The van der Waals surface area contributed by atoms with Gasteiger partial charge in [-0.15, -0.1) is 0 Å². The molecule has 1 N–H and O–H groups in total. The average molecular weight is 269 g/mol. The molecule has 2 aromatic carbocycles. The van der Waals surface area contributed by atoms with Crippen LogP contribution in [0.25, 0.3) is 0 Å². The number of halogens is 1. The molecule has 3 heteroatoms. The highest BCUT2D eigenvalue weighted by Gasteiger charge is 2.09. The molecular formula is C17H16FNO. The van der Waals surface area contributed by atoms with Gasteiger partial charge < -0.3 is 5.32 Å². The molecule has 0 aliphatic carbocycles. The molecule has 0 bridgehead atoms. The van der Waals surface area contributed by atoms with Crippen molar-refractivity contribution in [2.75, 3.05) is 5.32 Å². The highest BCUT2D eigenvalue weighted by Crippen LogP contribution is 2.17. The van der Waals surface area contributed by atoms with E-state index in [-0.39, 0.29) is 18.0 Å². The van der Waals surface area contributed by atoms with Crippen LogP contribution in [0, 0.1) is 12.7 Å². The molecule has 0 radical (unpaired) electrons. The summed E-state index contributed by atoms with van der Waals surface area (Å²) in [6.45, 7) is 5.74. The number of aryl methyl sites for hydroxylation is 1. The lowest BCUT2D eigenvalue weighted by Gasteiger charge is -2.10. The molecule has 0 fully saturated rings. The number of benzene rings is 2. The third kappa shape index (κ3) is 3.54. The lowest BCUT2D eigenvalue weighted by Crippen LogP contribution is -2.07. The normalized spacial score (nSPS) is 10.1. The number of nitrogens with one attached hydrogen (secondary N) is 1. The minimum Gasteiger partial charge on any atom is -0.357 e. The SMILES string of the molecule is C=C(CC(=O)c1ccc(C)cc1)Nc1ccccc1F. The van der Waals surface area contributed by atoms with E-state index >= 15 is 0 Å². The number of allylic oxidation sites excluding steroid dienone is 1. The molecule has 0 aromatic heterocycles. The van der Waals surface area contributed by atoms with Crippen molar-refractivity contribution in [3.63, 3.8) is 0 Å². The zero-order valence-corrected chi connectivity index (χ0v) is 11.3. The standard InChI is InChI=1S/C17H16FNO/c1-12-7-9-14(10-8-12)17(20)11-13(2)19-16-6-4-3-5-15(16)18/h3-10,19H,2,11H2,1H3. The molecule has 20 heavy (non-hydrogen) atoms. The van der Waals surface area contributed by atoms with Gasteiger partial charge in [-0.3, -0.25) is 4.79 Å². The van der Waals surface area contributed by atoms with E-state index in [9.17, 15) is 9.18 Å². The van der Waals surface area contributed by atoms with Crippen LogP contribution in [0.15, 0.2) is 60.8 Å². The van der Waals surface area contributed by atoms with E-state index in [0.29, 0.717) is 16.9 Å². The lowest BCUT2D eigenvalue weighted by atomic mass is 10.1. The minimum atomic E-state index is -0.364. The summed E-state index contributed by atoms with van der Waals surface area (Å²) in [5.74, 6) is -0.407. The highest BCUT2D eigenvalue weighted by atomic mass is 19.1. The van der Waals surface area contributed by atoms with Crippen LogP contribution in [0.1, 0.15) is 22.3 Å². The summed E-state index contributed by atoms with van der Waals surface area (Å²) in [4.78, 5) is 12.0. The van der Waals surface area contributed by atoms with Crippen molar-refractivity contribution in [2.45, 2.75) is 13.3 Å². The fraction of sp³-hybridized carbons (Fsp3) is 0.118. The van der Waals surface area contributed by atoms with Crippen molar-refractivity contribution >= 4 is 11.5 Å².